The lowest BCUT2D eigenvalue weighted by molar-refractivity contribution is 0.481. The van der Waals surface area contributed by atoms with Crippen LogP contribution in [-0.2, 0) is 40.5 Å². The molecule has 0 aromatic heterocycles. The predicted octanol–water partition coefficient (Wildman–Crippen LogP) is 6.55. The number of hydrogen-bond acceptors (Lipinski definition) is 13. The Bertz CT molecular complexity index is 2990. The Morgan fingerprint density at radius 2 is 0.902 bits per heavy atom. The molecule has 21 heteroatoms. The summed E-state index contributed by atoms with van der Waals surface area (Å²) >= 11 is 0. The van der Waals surface area contributed by atoms with Gasteiger partial charge in [0.15, 0.2) is 0 Å². The molecule has 0 aliphatic rings. The van der Waals surface area contributed by atoms with Gasteiger partial charge >= 0.3 is 0 Å². The highest BCUT2D eigenvalue weighted by Crippen LogP contribution is 2.39. The third-order valence-electron chi connectivity index (χ3n) is 7.53. The van der Waals surface area contributed by atoms with Gasteiger partial charge in [-0.05, 0) is 66.7 Å². The smallest absolute Gasteiger partial charge is 0.295 e. The largest absolute Gasteiger partial charge is 0.398 e. The summed E-state index contributed by atoms with van der Waals surface area (Å²) in [4.78, 5) is -2.38. The zero-order valence-electron chi connectivity index (χ0n) is 25.2. The molecule has 0 bridgehead atoms. The zero-order valence-corrected chi connectivity index (χ0v) is 28.5. The van der Waals surface area contributed by atoms with Crippen molar-refractivity contribution in [3.63, 3.8) is 0 Å². The highest BCUT2D eigenvalue weighted by Gasteiger charge is 2.22. The van der Waals surface area contributed by atoms with E-state index in [1.807, 2.05) is 0 Å². The zero-order chi connectivity index (χ0) is 37.1. The molecule has 6 N–H and O–H groups in total. The minimum absolute atomic E-state index is 0.0376. The minimum Gasteiger partial charge on any atom is -0.398 e. The number of nitrogens with two attached hydrogens (primary N) is 1. The second-order valence-corrected chi connectivity index (χ2v) is 16.4. The molecular formula is C30H21N5O12S4. The van der Waals surface area contributed by atoms with Gasteiger partial charge in [-0.1, -0.05) is 24.3 Å². The Morgan fingerprint density at radius 3 is 1.45 bits per heavy atom. The standard InChI is InChI=1S/C30H21N5O12S4/c31-25-8-9-27(22-14-17(48(36,37)38)4-6-19(22)25)35-34-26-10-11-28(23-15-18(49(39,40)41)5-7-20(23)26)33-32-16-12-24-21(30(13-16)51(45,46)47)2-1-3-29(24)50(42,43)44/h1-15H,31H2,(H,36,37,38)(H,39,40,41)(H,42,43,44)(H,45,46,47). The van der Waals surface area contributed by atoms with Crippen LogP contribution in [0, 0.1) is 0 Å². The van der Waals surface area contributed by atoms with Crippen molar-refractivity contribution in [2.24, 2.45) is 20.5 Å². The van der Waals surface area contributed by atoms with Gasteiger partial charge < -0.3 is 5.73 Å². The van der Waals surface area contributed by atoms with E-state index in [0.29, 0.717) is 5.39 Å². The number of anilines is 1. The fourth-order valence-corrected chi connectivity index (χ4v) is 7.68. The Kier molecular flexibility index (Phi) is 8.72. The third-order valence-corrected chi connectivity index (χ3v) is 11.0. The quantitative estimate of drug-likeness (QED) is 0.0624. The van der Waals surface area contributed by atoms with Crippen molar-refractivity contribution in [3.05, 3.63) is 91.0 Å². The van der Waals surface area contributed by atoms with E-state index in [4.69, 9.17) is 5.73 Å². The van der Waals surface area contributed by atoms with Crippen molar-refractivity contribution in [2.45, 2.75) is 19.6 Å². The van der Waals surface area contributed by atoms with Gasteiger partial charge in [-0.15, -0.1) is 15.3 Å². The molecule has 0 amide bonds. The number of hydrogen-bond donors (Lipinski definition) is 5. The van der Waals surface area contributed by atoms with Crippen LogP contribution in [0.15, 0.2) is 131 Å². The summed E-state index contributed by atoms with van der Waals surface area (Å²) in [5.74, 6) is 0. The van der Waals surface area contributed by atoms with Crippen molar-refractivity contribution < 1.29 is 51.9 Å². The van der Waals surface area contributed by atoms with E-state index in [1.54, 1.807) is 0 Å². The molecule has 51 heavy (non-hydrogen) atoms. The van der Waals surface area contributed by atoms with Gasteiger partial charge in [0.05, 0.1) is 32.5 Å². The number of fused-ring (bicyclic) bond motifs is 3. The van der Waals surface area contributed by atoms with Crippen LogP contribution in [0.5, 0.6) is 0 Å². The molecule has 17 nitrogen and oxygen atoms in total. The van der Waals surface area contributed by atoms with Crippen molar-refractivity contribution >= 4 is 101 Å². The normalized spacial score (nSPS) is 13.3. The van der Waals surface area contributed by atoms with Gasteiger partial charge in [0.2, 0.25) is 0 Å². The molecule has 262 valence electrons. The summed E-state index contributed by atoms with van der Waals surface area (Å²) in [5, 5.41) is 16.9. The lowest BCUT2D eigenvalue weighted by Crippen LogP contribution is -2.03. The number of rotatable bonds is 8. The molecule has 0 saturated carbocycles. The van der Waals surface area contributed by atoms with Gasteiger partial charge in [0, 0.05) is 38.0 Å². The monoisotopic (exact) mass is 771 g/mol. The van der Waals surface area contributed by atoms with Crippen LogP contribution in [0.2, 0.25) is 0 Å². The average molecular weight is 772 g/mol. The van der Waals surface area contributed by atoms with Gasteiger partial charge in [-0.2, -0.15) is 38.8 Å². The molecular weight excluding hydrogens is 751 g/mol. The first-order valence-electron chi connectivity index (χ1n) is 13.9. The molecule has 6 aromatic rings. The van der Waals surface area contributed by atoms with E-state index >= 15 is 0 Å². The molecule has 0 unspecified atom stereocenters. The van der Waals surface area contributed by atoms with Gasteiger partial charge in [-0.25, -0.2) is 0 Å². The first-order chi connectivity index (χ1) is 23.7. The Hall–Kier alpha value is -5.26. The Balaban J connectivity index is 1.52. The summed E-state index contributed by atoms with van der Waals surface area (Å²) in [6.07, 6.45) is 0. The molecule has 0 fully saturated rings. The summed E-state index contributed by atoms with van der Waals surface area (Å²) in [5.41, 5.74) is 6.23. The van der Waals surface area contributed by atoms with Crippen LogP contribution < -0.4 is 5.73 Å². The van der Waals surface area contributed by atoms with Gasteiger partial charge in [0.25, 0.3) is 40.5 Å². The van der Waals surface area contributed by atoms with Crippen LogP contribution >= 0.6 is 0 Å². The highest BCUT2D eigenvalue weighted by atomic mass is 32.2. The highest BCUT2D eigenvalue weighted by molar-refractivity contribution is 7.86. The summed E-state index contributed by atoms with van der Waals surface area (Å²) < 4.78 is 135. The van der Waals surface area contributed by atoms with Crippen molar-refractivity contribution in [1.82, 2.24) is 0 Å². The SMILES string of the molecule is Nc1ccc(N=Nc2ccc(N=Nc3cc(S(=O)(=O)O)c4cccc(S(=O)(=O)O)c4c3)c3cc(S(=O)(=O)O)ccc23)c2cc(S(=O)(=O)O)ccc12. The molecule has 0 spiro atoms. The molecule has 0 aliphatic heterocycles. The number of azo groups is 2. The predicted molar refractivity (Wildman–Crippen MR) is 184 cm³/mol. The van der Waals surface area contributed by atoms with Crippen LogP contribution in [0.3, 0.4) is 0 Å². The number of nitrogens with zero attached hydrogens (tertiary/aromatic N) is 4. The maximum absolute atomic E-state index is 12.2. The number of benzene rings is 6. The lowest BCUT2D eigenvalue weighted by atomic mass is 10.1. The fourth-order valence-electron chi connectivity index (χ4n) is 5.24. The molecule has 0 heterocycles. The van der Waals surface area contributed by atoms with Crippen molar-refractivity contribution in [3.8, 4) is 0 Å². The van der Waals surface area contributed by atoms with Crippen molar-refractivity contribution in [1.29, 1.82) is 0 Å². The second kappa shape index (κ2) is 12.5. The molecule has 0 radical (unpaired) electrons. The van der Waals surface area contributed by atoms with E-state index < -0.39 is 60.1 Å². The van der Waals surface area contributed by atoms with E-state index in [1.165, 1.54) is 42.5 Å². The topological polar surface area (TPSA) is 293 Å². The van der Waals surface area contributed by atoms with E-state index in [-0.39, 0.29) is 55.4 Å². The molecule has 0 atom stereocenters. The van der Waals surface area contributed by atoms with Gasteiger partial charge in [0.1, 0.15) is 9.79 Å². The van der Waals surface area contributed by atoms with Gasteiger partial charge in [-0.3, -0.25) is 18.2 Å². The van der Waals surface area contributed by atoms with Crippen LogP contribution in [0.4, 0.5) is 28.4 Å². The second-order valence-electron chi connectivity index (χ2n) is 10.8. The summed E-state index contributed by atoms with van der Waals surface area (Å²) in [6, 6.07) is 18.2. The summed E-state index contributed by atoms with van der Waals surface area (Å²) in [6.45, 7) is 0. The maximum Gasteiger partial charge on any atom is 0.295 e. The summed E-state index contributed by atoms with van der Waals surface area (Å²) in [7, 11) is -19.1. The molecule has 0 aliphatic carbocycles. The van der Waals surface area contributed by atoms with E-state index in [9.17, 15) is 51.9 Å². The van der Waals surface area contributed by atoms with E-state index in [2.05, 4.69) is 20.5 Å². The van der Waals surface area contributed by atoms with Crippen LogP contribution in [0.25, 0.3) is 32.3 Å². The third kappa shape index (κ3) is 7.17. The first kappa shape index (κ1) is 35.6. The minimum atomic E-state index is -4.96. The van der Waals surface area contributed by atoms with E-state index in [0.717, 1.165) is 48.5 Å². The maximum atomic E-state index is 12.2. The molecule has 6 rings (SSSR count). The lowest BCUT2D eigenvalue weighted by Gasteiger charge is -2.09. The fraction of sp³-hybridized carbons (Fsp3) is 0. The molecule has 0 saturated heterocycles. The van der Waals surface area contributed by atoms with Crippen LogP contribution in [0.1, 0.15) is 0 Å². The van der Waals surface area contributed by atoms with Crippen LogP contribution in [-0.4, -0.2) is 51.9 Å². The number of nitrogen functional groups attached to an aromatic ring is 1. The Morgan fingerprint density at radius 1 is 0.412 bits per heavy atom. The Labute approximate surface area is 288 Å². The van der Waals surface area contributed by atoms with Crippen molar-refractivity contribution in [2.75, 3.05) is 5.73 Å². The molecule has 6 aromatic carbocycles. The first-order valence-corrected chi connectivity index (χ1v) is 19.7. The average Bonchev–Trinajstić information content (AvgIpc) is 3.04.